The largest absolute Gasteiger partial charge is 0.504 e. The second-order valence-corrected chi connectivity index (χ2v) is 11.6. The molecule has 6 atom stereocenters. The van der Waals surface area contributed by atoms with E-state index in [0.29, 0.717) is 17.7 Å². The molecule has 0 aromatic heterocycles. The molecule has 1 saturated heterocycles. The molecule has 35 heavy (non-hydrogen) atoms. The zero-order valence-corrected chi connectivity index (χ0v) is 20.8. The van der Waals surface area contributed by atoms with Crippen LogP contribution in [0, 0.1) is 11.3 Å². The van der Waals surface area contributed by atoms with Crippen molar-refractivity contribution >= 4 is 6.08 Å². The molecule has 5 nitrogen and oxygen atoms in total. The van der Waals surface area contributed by atoms with E-state index in [0.717, 1.165) is 51.1 Å². The van der Waals surface area contributed by atoms with E-state index < -0.39 is 0 Å². The quantitative estimate of drug-likeness (QED) is 0.619. The third kappa shape index (κ3) is 2.64. The number of hydrogen-bond acceptors (Lipinski definition) is 5. The van der Waals surface area contributed by atoms with Crippen molar-refractivity contribution in [2.24, 2.45) is 11.3 Å². The normalized spacial score (nSPS) is 38.5. The first-order chi connectivity index (χ1) is 17.1. The van der Waals surface area contributed by atoms with Gasteiger partial charge in [-0.05, 0) is 62.9 Å². The molecule has 2 N–H and O–H groups in total. The number of fused-ring (bicyclic) bond motifs is 2. The molecule has 4 bridgehead atoms. The highest BCUT2D eigenvalue weighted by molar-refractivity contribution is 5.63. The highest BCUT2D eigenvalue weighted by atomic mass is 16.6. The summed E-state index contributed by atoms with van der Waals surface area (Å²) in [7, 11) is 4.21. The number of phenolic OH excluding ortho intramolecular Hbond substituents is 1. The topological polar surface area (TPSA) is 54.0 Å². The van der Waals surface area contributed by atoms with E-state index in [-0.39, 0.29) is 22.5 Å². The Kier molecular flexibility index (Phi) is 4.74. The first-order valence-corrected chi connectivity index (χ1v) is 13.3. The minimum absolute atomic E-state index is 0.0345. The molecule has 2 aromatic carbocycles. The van der Waals surface area contributed by atoms with Crippen molar-refractivity contribution in [1.29, 1.82) is 0 Å². The summed E-state index contributed by atoms with van der Waals surface area (Å²) < 4.78 is 13.4. The molecule has 4 fully saturated rings. The lowest BCUT2D eigenvalue weighted by atomic mass is 9.35. The maximum absolute atomic E-state index is 10.9. The smallest absolute Gasteiger partial charge is 0.165 e. The molecule has 8 rings (SSSR count). The highest BCUT2D eigenvalue weighted by Crippen LogP contribution is 2.76. The fourth-order valence-electron chi connectivity index (χ4n) is 9.17. The first kappa shape index (κ1) is 21.9. The summed E-state index contributed by atoms with van der Waals surface area (Å²) in [6.45, 7) is 2.83. The van der Waals surface area contributed by atoms with E-state index in [1.807, 2.05) is 19.2 Å². The standard InChI is InChI=1S/C30H36N2O3/c1-32-16-14-29-25-21-10-11-23(33)26(25)35-27(29)30(34-2)13-12-28(29,24(32)17-21)18-22(30)19-31-15-6-9-20-7-4-3-5-8-20/h3-11,22,24,27,31,33H,12-19H2,1-2H3/b9-6+/t22-,24-,27-,28-,29+,30-/m1/s1. The number of aromatic hydroxyl groups is 1. The van der Waals surface area contributed by atoms with E-state index in [9.17, 15) is 5.11 Å². The van der Waals surface area contributed by atoms with Gasteiger partial charge in [-0.15, -0.1) is 0 Å². The Bertz CT molecular complexity index is 1180. The molecule has 2 heterocycles. The molecule has 0 radical (unpaired) electrons. The highest BCUT2D eigenvalue weighted by Gasteiger charge is 2.80. The van der Waals surface area contributed by atoms with Crippen LogP contribution >= 0.6 is 0 Å². The fourth-order valence-corrected chi connectivity index (χ4v) is 9.17. The number of nitrogens with zero attached hydrogens (tertiary/aromatic N) is 1. The third-order valence-corrected chi connectivity index (χ3v) is 10.5. The number of nitrogens with one attached hydrogen (secondary N) is 1. The van der Waals surface area contributed by atoms with Crippen LogP contribution in [0.4, 0.5) is 0 Å². The Labute approximate surface area is 208 Å². The van der Waals surface area contributed by atoms with Gasteiger partial charge in [0.15, 0.2) is 11.5 Å². The van der Waals surface area contributed by atoms with E-state index in [4.69, 9.17) is 9.47 Å². The van der Waals surface area contributed by atoms with Gasteiger partial charge < -0.3 is 24.8 Å². The van der Waals surface area contributed by atoms with Gasteiger partial charge in [0.1, 0.15) is 11.7 Å². The van der Waals surface area contributed by atoms with E-state index in [1.165, 1.54) is 23.1 Å². The molecule has 2 aliphatic heterocycles. The molecular formula is C30H36N2O3. The number of likely N-dealkylation sites (tertiary alicyclic amines) is 1. The van der Waals surface area contributed by atoms with Crippen LogP contribution in [0.15, 0.2) is 48.5 Å². The number of benzene rings is 2. The molecule has 0 amide bonds. The molecule has 2 spiro atoms. The minimum Gasteiger partial charge on any atom is -0.504 e. The first-order valence-electron chi connectivity index (χ1n) is 13.3. The van der Waals surface area contributed by atoms with Crippen LogP contribution in [0.3, 0.4) is 0 Å². The van der Waals surface area contributed by atoms with Crippen LogP contribution in [0.1, 0.15) is 42.4 Å². The van der Waals surface area contributed by atoms with Crippen molar-refractivity contribution < 1.29 is 14.6 Å². The van der Waals surface area contributed by atoms with Crippen LogP contribution in [-0.2, 0) is 16.6 Å². The van der Waals surface area contributed by atoms with Crippen LogP contribution in [0.2, 0.25) is 0 Å². The number of likely N-dealkylation sites (N-methyl/N-ethyl adjacent to an activating group) is 1. The van der Waals surface area contributed by atoms with Gasteiger partial charge in [-0.3, -0.25) is 0 Å². The van der Waals surface area contributed by atoms with Gasteiger partial charge in [0, 0.05) is 48.6 Å². The van der Waals surface area contributed by atoms with Crippen LogP contribution < -0.4 is 10.1 Å². The molecule has 5 heteroatoms. The lowest BCUT2D eigenvalue weighted by Crippen LogP contribution is -2.81. The number of hydrogen-bond donors (Lipinski definition) is 2. The second-order valence-electron chi connectivity index (χ2n) is 11.6. The summed E-state index contributed by atoms with van der Waals surface area (Å²) in [5.74, 6) is 1.42. The van der Waals surface area contributed by atoms with E-state index in [1.54, 1.807) is 0 Å². The predicted octanol–water partition coefficient (Wildman–Crippen LogP) is 4.14. The molecule has 184 valence electrons. The maximum Gasteiger partial charge on any atom is 0.165 e. The number of methoxy groups -OCH3 is 1. The van der Waals surface area contributed by atoms with Gasteiger partial charge in [-0.2, -0.15) is 0 Å². The van der Waals surface area contributed by atoms with Crippen molar-refractivity contribution in [3.8, 4) is 11.5 Å². The van der Waals surface area contributed by atoms with Gasteiger partial charge in [-0.25, -0.2) is 0 Å². The number of phenols is 1. The summed E-state index contributed by atoms with van der Waals surface area (Å²) in [4.78, 5) is 2.62. The molecular weight excluding hydrogens is 436 g/mol. The van der Waals surface area contributed by atoms with E-state index >= 15 is 0 Å². The monoisotopic (exact) mass is 472 g/mol. The van der Waals surface area contributed by atoms with Crippen molar-refractivity contribution in [2.75, 3.05) is 33.8 Å². The van der Waals surface area contributed by atoms with Crippen molar-refractivity contribution in [2.45, 2.75) is 55.3 Å². The van der Waals surface area contributed by atoms with Crippen molar-refractivity contribution in [1.82, 2.24) is 10.2 Å². The number of ether oxygens (including phenoxy) is 2. The summed E-state index contributed by atoms with van der Waals surface area (Å²) in [5.41, 5.74) is 3.71. The predicted molar refractivity (Wildman–Crippen MR) is 137 cm³/mol. The molecule has 4 aliphatic carbocycles. The Morgan fingerprint density at radius 3 is 2.86 bits per heavy atom. The summed E-state index contributed by atoms with van der Waals surface area (Å²) >= 11 is 0. The molecule has 2 aromatic rings. The minimum atomic E-state index is -0.335. The van der Waals surface area contributed by atoms with Gasteiger partial charge in [0.05, 0.1) is 0 Å². The van der Waals surface area contributed by atoms with Crippen LogP contribution in [-0.4, -0.2) is 61.5 Å². The molecule has 6 aliphatic rings. The number of rotatable bonds is 6. The lowest BCUT2D eigenvalue weighted by molar-refractivity contribution is -0.274. The fraction of sp³-hybridized carbons (Fsp3) is 0.533. The van der Waals surface area contributed by atoms with Crippen LogP contribution in [0.5, 0.6) is 11.5 Å². The average Bonchev–Trinajstić information content (AvgIpc) is 3.25. The van der Waals surface area contributed by atoms with Crippen LogP contribution in [0.25, 0.3) is 6.08 Å². The van der Waals surface area contributed by atoms with Crippen molar-refractivity contribution in [3.63, 3.8) is 0 Å². The zero-order valence-electron chi connectivity index (χ0n) is 20.8. The third-order valence-electron chi connectivity index (χ3n) is 10.5. The van der Waals surface area contributed by atoms with E-state index in [2.05, 4.69) is 59.7 Å². The summed E-state index contributed by atoms with van der Waals surface area (Å²) in [6.07, 6.45) is 9.85. The average molecular weight is 473 g/mol. The number of piperidine rings is 1. The lowest BCUT2D eigenvalue weighted by Gasteiger charge is -2.73. The Balaban J connectivity index is 1.23. The zero-order chi connectivity index (χ0) is 23.8. The van der Waals surface area contributed by atoms with Gasteiger partial charge in [0.25, 0.3) is 0 Å². The second kappa shape index (κ2) is 7.58. The van der Waals surface area contributed by atoms with Gasteiger partial charge in [0.2, 0.25) is 0 Å². The molecule has 3 saturated carbocycles. The summed E-state index contributed by atoms with van der Waals surface area (Å²) in [5, 5.41) is 14.6. The summed E-state index contributed by atoms with van der Waals surface area (Å²) in [6, 6.07) is 15.0. The SMILES string of the molecule is CO[C@]12CC[C@@]3(C[C@@H]1CNC/C=C/c1ccccc1)[C@H]1Cc4ccc(O)c5c4[C@@]3(CCN1C)[C@H]2O5. The Morgan fingerprint density at radius 1 is 1.17 bits per heavy atom. The Hall–Kier alpha value is -2.34. The van der Waals surface area contributed by atoms with Gasteiger partial charge in [-0.1, -0.05) is 48.6 Å². The molecule has 0 unspecified atom stereocenters. The van der Waals surface area contributed by atoms with Crippen molar-refractivity contribution in [3.05, 3.63) is 65.2 Å². The van der Waals surface area contributed by atoms with Gasteiger partial charge >= 0.3 is 0 Å². The Morgan fingerprint density at radius 2 is 2.03 bits per heavy atom. The maximum atomic E-state index is 10.9.